The third-order valence-electron chi connectivity index (χ3n) is 3.39. The Hall–Kier alpha value is -1.82. The molecule has 1 aromatic heterocycles. The Morgan fingerprint density at radius 3 is 2.86 bits per heavy atom. The largest absolute Gasteiger partial charge is 0.464 e. The van der Waals surface area contributed by atoms with E-state index < -0.39 is 0 Å². The predicted molar refractivity (Wildman–Crippen MR) is 91.3 cm³/mol. The molecule has 1 N–H and O–H groups in total. The fourth-order valence-corrected chi connectivity index (χ4v) is 2.51. The number of carbonyl (C=O) groups excluding carboxylic acids is 1. The van der Waals surface area contributed by atoms with Gasteiger partial charge in [-0.3, -0.25) is 4.79 Å². The lowest BCUT2D eigenvalue weighted by atomic mass is 10.1. The Bertz CT molecular complexity index is 807. The Morgan fingerprint density at radius 2 is 2.05 bits per heavy atom. The number of carbonyl (C=O) groups is 1. The molecule has 0 atom stereocenters. The van der Waals surface area contributed by atoms with Crippen LogP contribution in [0.15, 0.2) is 53.1 Å². The molecule has 3 nitrogen and oxygen atoms in total. The van der Waals surface area contributed by atoms with Gasteiger partial charge in [-0.1, -0.05) is 12.1 Å². The fraction of sp³-hybridized carbons (Fsp3) is 0.118. The van der Waals surface area contributed by atoms with E-state index in [-0.39, 0.29) is 5.91 Å². The van der Waals surface area contributed by atoms with Crippen molar-refractivity contribution >= 4 is 39.5 Å². The summed E-state index contributed by atoms with van der Waals surface area (Å²) in [5, 5.41) is 4.00. The highest BCUT2D eigenvalue weighted by atomic mass is 127. The van der Waals surface area contributed by atoms with Crippen LogP contribution in [0, 0.1) is 10.5 Å². The number of benzene rings is 2. The van der Waals surface area contributed by atoms with Crippen LogP contribution in [0.25, 0.3) is 11.0 Å². The molecular formula is C17H14INO2. The molecular weight excluding hydrogens is 377 g/mol. The van der Waals surface area contributed by atoms with Crippen molar-refractivity contribution in [3.8, 4) is 0 Å². The molecule has 0 aliphatic carbocycles. The van der Waals surface area contributed by atoms with Gasteiger partial charge in [-0.2, -0.15) is 0 Å². The summed E-state index contributed by atoms with van der Waals surface area (Å²) in [5.74, 6) is -0.0611. The van der Waals surface area contributed by atoms with Crippen molar-refractivity contribution < 1.29 is 9.21 Å². The van der Waals surface area contributed by atoms with Gasteiger partial charge in [0.25, 0.3) is 5.91 Å². The normalized spacial score (nSPS) is 10.8. The molecule has 0 fully saturated rings. The number of nitrogens with one attached hydrogen (secondary N) is 1. The average Bonchev–Trinajstić information content (AvgIpc) is 2.95. The standard InChI is InChI=1S/C17H14INO2/c1-11-8-14(4-5-15(11)18)17(20)19-10-12-2-3-13-6-7-21-16(13)9-12/h2-9H,10H2,1H3,(H,19,20). The topological polar surface area (TPSA) is 42.2 Å². The van der Waals surface area contributed by atoms with E-state index in [9.17, 15) is 4.79 Å². The molecule has 0 saturated carbocycles. The summed E-state index contributed by atoms with van der Waals surface area (Å²) < 4.78 is 6.53. The fourth-order valence-electron chi connectivity index (χ4n) is 2.18. The Labute approximate surface area is 136 Å². The van der Waals surface area contributed by atoms with Gasteiger partial charge in [0.1, 0.15) is 5.58 Å². The van der Waals surface area contributed by atoms with Crippen molar-refractivity contribution in [3.05, 3.63) is 69.0 Å². The number of hydrogen-bond donors (Lipinski definition) is 1. The highest BCUT2D eigenvalue weighted by molar-refractivity contribution is 14.1. The summed E-state index contributed by atoms with van der Waals surface area (Å²) in [6.07, 6.45) is 1.67. The van der Waals surface area contributed by atoms with Crippen LogP contribution >= 0.6 is 22.6 Å². The third-order valence-corrected chi connectivity index (χ3v) is 4.60. The maximum Gasteiger partial charge on any atom is 0.251 e. The molecule has 0 radical (unpaired) electrons. The average molecular weight is 391 g/mol. The summed E-state index contributed by atoms with van der Waals surface area (Å²) in [6.45, 7) is 2.49. The highest BCUT2D eigenvalue weighted by Gasteiger charge is 2.07. The minimum atomic E-state index is -0.0611. The van der Waals surface area contributed by atoms with Crippen molar-refractivity contribution in [2.24, 2.45) is 0 Å². The molecule has 106 valence electrons. The lowest BCUT2D eigenvalue weighted by molar-refractivity contribution is 0.0951. The molecule has 0 saturated heterocycles. The molecule has 1 heterocycles. The second-order valence-corrected chi connectivity index (χ2v) is 6.10. The first-order valence-electron chi connectivity index (χ1n) is 6.64. The summed E-state index contributed by atoms with van der Waals surface area (Å²) in [4.78, 5) is 12.2. The second kappa shape index (κ2) is 5.89. The van der Waals surface area contributed by atoms with Crippen molar-refractivity contribution in [1.29, 1.82) is 0 Å². The minimum Gasteiger partial charge on any atom is -0.464 e. The Kier molecular flexibility index (Phi) is 3.96. The van der Waals surface area contributed by atoms with Gasteiger partial charge in [0.15, 0.2) is 0 Å². The summed E-state index contributed by atoms with van der Waals surface area (Å²) >= 11 is 2.26. The Balaban J connectivity index is 1.71. The molecule has 0 bridgehead atoms. The number of halogens is 1. The molecule has 4 heteroatoms. The zero-order valence-corrected chi connectivity index (χ0v) is 13.7. The van der Waals surface area contributed by atoms with Crippen LogP contribution in [-0.2, 0) is 6.54 Å². The zero-order valence-electron chi connectivity index (χ0n) is 11.5. The van der Waals surface area contributed by atoms with Crippen LogP contribution in [0.1, 0.15) is 21.5 Å². The van der Waals surface area contributed by atoms with Crippen molar-refractivity contribution in [2.75, 3.05) is 0 Å². The van der Waals surface area contributed by atoms with Gasteiger partial charge in [-0.05, 0) is 71.0 Å². The lowest BCUT2D eigenvalue weighted by Gasteiger charge is -2.07. The van der Waals surface area contributed by atoms with Crippen LogP contribution in [0.3, 0.4) is 0 Å². The maximum atomic E-state index is 12.2. The van der Waals surface area contributed by atoms with E-state index in [1.807, 2.05) is 49.4 Å². The molecule has 2 aromatic carbocycles. The van der Waals surface area contributed by atoms with Gasteiger partial charge in [0, 0.05) is 21.1 Å². The van der Waals surface area contributed by atoms with Crippen molar-refractivity contribution in [2.45, 2.75) is 13.5 Å². The van der Waals surface area contributed by atoms with E-state index in [1.54, 1.807) is 6.26 Å². The van der Waals surface area contributed by atoms with E-state index in [2.05, 4.69) is 27.9 Å². The quantitative estimate of drug-likeness (QED) is 0.678. The number of aryl methyl sites for hydroxylation is 1. The van der Waals surface area contributed by atoms with Crippen LogP contribution in [0.5, 0.6) is 0 Å². The first kappa shape index (κ1) is 14.1. The molecule has 0 unspecified atom stereocenters. The van der Waals surface area contributed by atoms with Crippen molar-refractivity contribution in [3.63, 3.8) is 0 Å². The Morgan fingerprint density at radius 1 is 1.19 bits per heavy atom. The van der Waals surface area contributed by atoms with E-state index in [4.69, 9.17) is 4.42 Å². The van der Waals surface area contributed by atoms with Crippen LogP contribution in [-0.4, -0.2) is 5.91 Å². The third kappa shape index (κ3) is 3.10. The van der Waals surface area contributed by atoms with E-state index in [0.717, 1.165) is 25.7 Å². The SMILES string of the molecule is Cc1cc(C(=O)NCc2ccc3ccoc3c2)ccc1I. The first-order valence-corrected chi connectivity index (χ1v) is 7.72. The molecule has 21 heavy (non-hydrogen) atoms. The number of furan rings is 1. The van der Waals surface area contributed by atoms with Crippen molar-refractivity contribution in [1.82, 2.24) is 5.32 Å². The summed E-state index contributed by atoms with van der Waals surface area (Å²) in [7, 11) is 0. The summed E-state index contributed by atoms with van der Waals surface area (Å²) in [6, 6.07) is 13.6. The maximum absolute atomic E-state index is 12.2. The van der Waals surface area contributed by atoms with E-state index in [0.29, 0.717) is 12.1 Å². The predicted octanol–water partition coefficient (Wildman–Crippen LogP) is 4.28. The van der Waals surface area contributed by atoms with E-state index in [1.165, 1.54) is 0 Å². The molecule has 3 rings (SSSR count). The van der Waals surface area contributed by atoms with Gasteiger partial charge < -0.3 is 9.73 Å². The zero-order chi connectivity index (χ0) is 14.8. The van der Waals surface area contributed by atoms with Crippen LogP contribution in [0.2, 0.25) is 0 Å². The minimum absolute atomic E-state index is 0.0611. The molecule has 0 aliphatic rings. The number of amides is 1. The lowest BCUT2D eigenvalue weighted by Crippen LogP contribution is -2.22. The van der Waals surface area contributed by atoms with Gasteiger partial charge in [0.2, 0.25) is 0 Å². The molecule has 0 aliphatic heterocycles. The van der Waals surface area contributed by atoms with Crippen LogP contribution in [0.4, 0.5) is 0 Å². The highest BCUT2D eigenvalue weighted by Crippen LogP contribution is 2.17. The van der Waals surface area contributed by atoms with Gasteiger partial charge in [0.05, 0.1) is 6.26 Å². The van der Waals surface area contributed by atoms with Crippen LogP contribution < -0.4 is 5.32 Å². The summed E-state index contributed by atoms with van der Waals surface area (Å²) in [5.41, 5.74) is 3.66. The van der Waals surface area contributed by atoms with Gasteiger partial charge in [-0.15, -0.1) is 0 Å². The number of fused-ring (bicyclic) bond motifs is 1. The second-order valence-electron chi connectivity index (χ2n) is 4.94. The molecule has 3 aromatic rings. The van der Waals surface area contributed by atoms with Gasteiger partial charge in [-0.25, -0.2) is 0 Å². The number of hydrogen-bond acceptors (Lipinski definition) is 2. The van der Waals surface area contributed by atoms with Gasteiger partial charge >= 0.3 is 0 Å². The number of rotatable bonds is 3. The monoisotopic (exact) mass is 391 g/mol. The molecule has 1 amide bonds. The molecule has 0 spiro atoms. The van der Waals surface area contributed by atoms with E-state index >= 15 is 0 Å². The smallest absolute Gasteiger partial charge is 0.251 e. The first-order chi connectivity index (χ1) is 10.1.